The first-order chi connectivity index (χ1) is 8.19. The molecule has 0 saturated heterocycles. The molecule has 1 aromatic rings. The summed E-state index contributed by atoms with van der Waals surface area (Å²) < 4.78 is 11.5. The largest absolute Gasteiger partial charge is 0.464 e. The second-order valence-corrected chi connectivity index (χ2v) is 5.20. The molecular weight excluding hydrogens is 214 g/mol. The molecule has 0 spiro atoms. The predicted molar refractivity (Wildman–Crippen MR) is 67.5 cm³/mol. The molecular formula is C14H23NO2. The van der Waals surface area contributed by atoms with Crippen LogP contribution < -0.4 is 5.73 Å². The van der Waals surface area contributed by atoms with E-state index in [1.54, 1.807) is 0 Å². The molecule has 2 N–H and O–H groups in total. The van der Waals surface area contributed by atoms with Crippen LogP contribution in [0.3, 0.4) is 0 Å². The molecule has 1 fully saturated rings. The van der Waals surface area contributed by atoms with Crippen molar-refractivity contribution in [2.24, 2.45) is 11.7 Å². The predicted octanol–water partition coefficient (Wildman–Crippen LogP) is 3.14. The molecule has 0 aromatic carbocycles. The third kappa shape index (κ3) is 3.33. The van der Waals surface area contributed by atoms with Gasteiger partial charge in [0.1, 0.15) is 18.1 Å². The molecule has 1 aliphatic carbocycles. The van der Waals surface area contributed by atoms with Crippen molar-refractivity contribution in [3.63, 3.8) is 0 Å². The number of furan rings is 1. The minimum atomic E-state index is 0.408. The highest BCUT2D eigenvalue weighted by molar-refractivity contribution is 5.19. The summed E-state index contributed by atoms with van der Waals surface area (Å²) in [5, 5.41) is 0. The summed E-state index contributed by atoms with van der Waals surface area (Å²) in [5.41, 5.74) is 6.70. The second-order valence-electron chi connectivity index (χ2n) is 5.20. The summed E-state index contributed by atoms with van der Waals surface area (Å²) in [5.74, 6) is 2.62. The summed E-state index contributed by atoms with van der Waals surface area (Å²) in [7, 11) is 0. The molecule has 0 radical (unpaired) electrons. The van der Waals surface area contributed by atoms with Crippen molar-refractivity contribution in [1.82, 2.24) is 0 Å². The summed E-state index contributed by atoms with van der Waals surface area (Å²) in [6.07, 6.45) is 5.41. The molecule has 1 aliphatic rings. The summed E-state index contributed by atoms with van der Waals surface area (Å²) in [4.78, 5) is 0. The SMILES string of the molecule is Cc1oc(COC2CCCC(C)C2)cc1CN. The highest BCUT2D eigenvalue weighted by atomic mass is 16.5. The summed E-state index contributed by atoms with van der Waals surface area (Å²) in [6.45, 7) is 5.38. The molecule has 2 unspecified atom stereocenters. The van der Waals surface area contributed by atoms with E-state index in [4.69, 9.17) is 14.9 Å². The maximum absolute atomic E-state index is 5.92. The van der Waals surface area contributed by atoms with Gasteiger partial charge in [0.2, 0.25) is 0 Å². The lowest BCUT2D eigenvalue weighted by atomic mass is 9.89. The fraction of sp³-hybridized carbons (Fsp3) is 0.714. The van der Waals surface area contributed by atoms with E-state index in [1.165, 1.54) is 25.7 Å². The molecule has 1 saturated carbocycles. The maximum Gasteiger partial charge on any atom is 0.130 e. The Morgan fingerprint density at radius 1 is 1.47 bits per heavy atom. The van der Waals surface area contributed by atoms with Crippen LogP contribution in [0.4, 0.5) is 0 Å². The molecule has 17 heavy (non-hydrogen) atoms. The van der Waals surface area contributed by atoms with Crippen molar-refractivity contribution in [3.8, 4) is 0 Å². The van der Waals surface area contributed by atoms with Gasteiger partial charge in [0.05, 0.1) is 6.10 Å². The number of hydrogen-bond acceptors (Lipinski definition) is 3. The van der Waals surface area contributed by atoms with Crippen molar-refractivity contribution in [2.75, 3.05) is 0 Å². The van der Waals surface area contributed by atoms with Crippen LogP contribution in [0.2, 0.25) is 0 Å². The lowest BCUT2D eigenvalue weighted by Crippen LogP contribution is -2.21. The van der Waals surface area contributed by atoms with E-state index in [0.717, 1.165) is 23.0 Å². The van der Waals surface area contributed by atoms with Gasteiger partial charge < -0.3 is 14.9 Å². The first kappa shape index (κ1) is 12.7. The van der Waals surface area contributed by atoms with Gasteiger partial charge in [-0.2, -0.15) is 0 Å². The molecule has 3 nitrogen and oxygen atoms in total. The van der Waals surface area contributed by atoms with Crippen molar-refractivity contribution < 1.29 is 9.15 Å². The Morgan fingerprint density at radius 3 is 2.94 bits per heavy atom. The number of rotatable bonds is 4. The van der Waals surface area contributed by atoms with Crippen LogP contribution in [0.15, 0.2) is 10.5 Å². The highest BCUT2D eigenvalue weighted by Crippen LogP contribution is 2.26. The first-order valence-electron chi connectivity index (χ1n) is 6.59. The van der Waals surface area contributed by atoms with Crippen LogP contribution in [0.1, 0.15) is 49.7 Å². The smallest absolute Gasteiger partial charge is 0.130 e. The fourth-order valence-electron chi connectivity index (χ4n) is 2.59. The normalized spacial score (nSPS) is 25.1. The van der Waals surface area contributed by atoms with Crippen LogP contribution >= 0.6 is 0 Å². The van der Waals surface area contributed by atoms with Crippen LogP contribution in [-0.4, -0.2) is 6.10 Å². The molecule has 1 aromatic heterocycles. The lowest BCUT2D eigenvalue weighted by Gasteiger charge is -2.26. The van der Waals surface area contributed by atoms with E-state index in [1.807, 2.05) is 13.0 Å². The maximum atomic E-state index is 5.92. The fourth-order valence-corrected chi connectivity index (χ4v) is 2.59. The molecule has 2 atom stereocenters. The van der Waals surface area contributed by atoms with Crippen LogP contribution in [-0.2, 0) is 17.9 Å². The Bertz CT molecular complexity index is 359. The molecule has 96 valence electrons. The van der Waals surface area contributed by atoms with Crippen LogP contribution in [0.25, 0.3) is 0 Å². The first-order valence-corrected chi connectivity index (χ1v) is 6.59. The third-order valence-corrected chi connectivity index (χ3v) is 3.64. The Kier molecular flexibility index (Phi) is 4.24. The summed E-state index contributed by atoms with van der Waals surface area (Å²) in [6, 6.07) is 2.02. The van der Waals surface area contributed by atoms with Gasteiger partial charge >= 0.3 is 0 Å². The van der Waals surface area contributed by atoms with Gasteiger partial charge in [0.15, 0.2) is 0 Å². The van der Waals surface area contributed by atoms with Crippen molar-refractivity contribution in [2.45, 2.75) is 58.8 Å². The number of aryl methyl sites for hydroxylation is 1. The Hall–Kier alpha value is -0.800. The van der Waals surface area contributed by atoms with Gasteiger partial charge in [-0.15, -0.1) is 0 Å². The van der Waals surface area contributed by atoms with E-state index in [0.29, 0.717) is 19.3 Å². The van der Waals surface area contributed by atoms with E-state index in [-0.39, 0.29) is 0 Å². The van der Waals surface area contributed by atoms with E-state index in [9.17, 15) is 0 Å². The Labute approximate surface area is 103 Å². The number of nitrogens with two attached hydrogens (primary N) is 1. The molecule has 2 rings (SSSR count). The second kappa shape index (κ2) is 5.69. The molecule has 1 heterocycles. The Balaban J connectivity index is 1.84. The highest BCUT2D eigenvalue weighted by Gasteiger charge is 2.19. The third-order valence-electron chi connectivity index (χ3n) is 3.64. The van der Waals surface area contributed by atoms with E-state index in [2.05, 4.69) is 6.92 Å². The minimum Gasteiger partial charge on any atom is -0.464 e. The Morgan fingerprint density at radius 2 is 2.29 bits per heavy atom. The van der Waals surface area contributed by atoms with Crippen LogP contribution in [0, 0.1) is 12.8 Å². The molecule has 0 aliphatic heterocycles. The number of hydrogen-bond donors (Lipinski definition) is 1. The standard InChI is InChI=1S/C14H23NO2/c1-10-4-3-5-13(6-10)16-9-14-7-12(8-15)11(2)17-14/h7,10,13H,3-6,8-9,15H2,1-2H3. The molecule has 3 heteroatoms. The zero-order chi connectivity index (χ0) is 12.3. The monoisotopic (exact) mass is 237 g/mol. The van der Waals surface area contributed by atoms with Crippen molar-refractivity contribution in [1.29, 1.82) is 0 Å². The lowest BCUT2D eigenvalue weighted by molar-refractivity contribution is -0.00287. The van der Waals surface area contributed by atoms with E-state index < -0.39 is 0 Å². The summed E-state index contributed by atoms with van der Waals surface area (Å²) >= 11 is 0. The van der Waals surface area contributed by atoms with Gasteiger partial charge in [-0.25, -0.2) is 0 Å². The average Bonchev–Trinajstić information content (AvgIpc) is 2.67. The molecule has 0 amide bonds. The zero-order valence-corrected chi connectivity index (χ0v) is 10.9. The van der Waals surface area contributed by atoms with Gasteiger partial charge in [-0.3, -0.25) is 0 Å². The average molecular weight is 237 g/mol. The number of ether oxygens (including phenoxy) is 1. The van der Waals surface area contributed by atoms with Crippen molar-refractivity contribution in [3.05, 3.63) is 23.2 Å². The van der Waals surface area contributed by atoms with Gasteiger partial charge in [-0.05, 0) is 31.7 Å². The zero-order valence-electron chi connectivity index (χ0n) is 10.9. The van der Waals surface area contributed by atoms with Crippen LogP contribution in [0.5, 0.6) is 0 Å². The quantitative estimate of drug-likeness (QED) is 0.875. The van der Waals surface area contributed by atoms with Gasteiger partial charge in [-0.1, -0.05) is 19.8 Å². The van der Waals surface area contributed by atoms with Gasteiger partial charge in [0.25, 0.3) is 0 Å². The van der Waals surface area contributed by atoms with E-state index >= 15 is 0 Å². The topological polar surface area (TPSA) is 48.4 Å². The minimum absolute atomic E-state index is 0.408. The molecule has 0 bridgehead atoms. The van der Waals surface area contributed by atoms with Crippen molar-refractivity contribution >= 4 is 0 Å². The van der Waals surface area contributed by atoms with Gasteiger partial charge in [0, 0.05) is 12.1 Å².